The van der Waals surface area contributed by atoms with E-state index >= 15 is 0 Å². The zero-order valence-electron chi connectivity index (χ0n) is 14.8. The Morgan fingerprint density at radius 3 is 2.92 bits per heavy atom. The SMILES string of the molecule is CC(C)N1CCc2c(sc3c2C(=O)N[C@@H](c2ccc4c(c2)OCO4)N3)C1. The number of carbonyl (C=O) groups is 1. The van der Waals surface area contributed by atoms with Crippen LogP contribution in [0.3, 0.4) is 0 Å². The first-order valence-electron chi connectivity index (χ1n) is 8.95. The van der Waals surface area contributed by atoms with Crippen LogP contribution in [0.2, 0.25) is 0 Å². The molecule has 5 rings (SSSR count). The molecule has 3 aliphatic heterocycles. The van der Waals surface area contributed by atoms with Gasteiger partial charge in [0.05, 0.1) is 5.56 Å². The lowest BCUT2D eigenvalue weighted by Gasteiger charge is -2.31. The Morgan fingerprint density at radius 2 is 2.08 bits per heavy atom. The Morgan fingerprint density at radius 1 is 1.23 bits per heavy atom. The molecule has 136 valence electrons. The van der Waals surface area contributed by atoms with Crippen molar-refractivity contribution >= 4 is 22.2 Å². The molecule has 0 radical (unpaired) electrons. The maximum Gasteiger partial charge on any atom is 0.256 e. The summed E-state index contributed by atoms with van der Waals surface area (Å²) in [4.78, 5) is 16.6. The van der Waals surface area contributed by atoms with Crippen molar-refractivity contribution < 1.29 is 14.3 Å². The second-order valence-corrected chi connectivity index (χ2v) is 8.29. The molecule has 26 heavy (non-hydrogen) atoms. The molecule has 0 unspecified atom stereocenters. The van der Waals surface area contributed by atoms with Crippen LogP contribution in [0.5, 0.6) is 11.5 Å². The molecule has 1 aromatic carbocycles. The lowest BCUT2D eigenvalue weighted by molar-refractivity contribution is 0.0934. The van der Waals surface area contributed by atoms with E-state index < -0.39 is 0 Å². The van der Waals surface area contributed by atoms with Gasteiger partial charge in [0, 0.05) is 24.0 Å². The average molecular weight is 371 g/mol. The van der Waals surface area contributed by atoms with Crippen molar-refractivity contribution in [3.05, 3.63) is 39.8 Å². The van der Waals surface area contributed by atoms with E-state index in [0.717, 1.165) is 47.1 Å². The van der Waals surface area contributed by atoms with Crippen LogP contribution in [0.4, 0.5) is 5.00 Å². The summed E-state index contributed by atoms with van der Waals surface area (Å²) < 4.78 is 10.8. The zero-order valence-corrected chi connectivity index (χ0v) is 15.6. The predicted octanol–water partition coefficient (Wildman–Crippen LogP) is 3.10. The van der Waals surface area contributed by atoms with Gasteiger partial charge in [-0.05, 0) is 43.5 Å². The summed E-state index contributed by atoms with van der Waals surface area (Å²) in [6.45, 7) is 6.62. The Hall–Kier alpha value is -2.25. The molecule has 3 aliphatic rings. The second kappa shape index (κ2) is 5.89. The largest absolute Gasteiger partial charge is 0.454 e. The maximum absolute atomic E-state index is 12.8. The van der Waals surface area contributed by atoms with Gasteiger partial charge >= 0.3 is 0 Å². The van der Waals surface area contributed by atoms with Crippen LogP contribution in [0.25, 0.3) is 0 Å². The average Bonchev–Trinajstić information content (AvgIpc) is 3.24. The number of anilines is 1. The standard InChI is InChI=1S/C19H21N3O3S/c1-10(2)22-6-5-12-15(8-22)26-19-16(12)18(23)20-17(21-19)11-3-4-13-14(7-11)25-9-24-13/h3-4,7,10,17,21H,5-6,8-9H2,1-2H3,(H,20,23)/t17-/m1/s1. The van der Waals surface area contributed by atoms with E-state index in [1.807, 2.05) is 18.2 Å². The number of nitrogens with zero attached hydrogens (tertiary/aromatic N) is 1. The number of hydrogen-bond acceptors (Lipinski definition) is 6. The molecular formula is C19H21N3O3S. The fourth-order valence-electron chi connectivity index (χ4n) is 3.84. The van der Waals surface area contributed by atoms with Crippen LogP contribution in [0.1, 0.15) is 46.4 Å². The van der Waals surface area contributed by atoms with Gasteiger partial charge in [-0.3, -0.25) is 9.69 Å². The van der Waals surface area contributed by atoms with E-state index in [-0.39, 0.29) is 18.9 Å². The number of nitrogens with one attached hydrogen (secondary N) is 2. The van der Waals surface area contributed by atoms with Crippen molar-refractivity contribution in [1.82, 2.24) is 10.2 Å². The molecular weight excluding hydrogens is 350 g/mol. The van der Waals surface area contributed by atoms with E-state index in [4.69, 9.17) is 9.47 Å². The van der Waals surface area contributed by atoms with Gasteiger partial charge in [-0.2, -0.15) is 0 Å². The van der Waals surface area contributed by atoms with Gasteiger partial charge in [0.25, 0.3) is 5.91 Å². The number of thiophene rings is 1. The number of carbonyl (C=O) groups excluding carboxylic acids is 1. The van der Waals surface area contributed by atoms with Crippen LogP contribution in [-0.4, -0.2) is 30.2 Å². The van der Waals surface area contributed by atoms with Gasteiger partial charge in [0.2, 0.25) is 6.79 Å². The molecule has 0 spiro atoms. The third-order valence-corrected chi connectivity index (χ3v) is 6.47. The monoisotopic (exact) mass is 371 g/mol. The third kappa shape index (κ3) is 2.46. The number of rotatable bonds is 2. The van der Waals surface area contributed by atoms with Crippen LogP contribution >= 0.6 is 11.3 Å². The van der Waals surface area contributed by atoms with Crippen molar-refractivity contribution in [3.63, 3.8) is 0 Å². The zero-order chi connectivity index (χ0) is 17.8. The quantitative estimate of drug-likeness (QED) is 0.849. The molecule has 0 bridgehead atoms. The molecule has 0 fully saturated rings. The maximum atomic E-state index is 12.8. The van der Waals surface area contributed by atoms with Crippen LogP contribution in [0.15, 0.2) is 18.2 Å². The minimum atomic E-state index is -0.259. The predicted molar refractivity (Wildman–Crippen MR) is 100.0 cm³/mol. The highest BCUT2D eigenvalue weighted by Crippen LogP contribution is 2.42. The molecule has 1 amide bonds. The molecule has 1 atom stereocenters. The summed E-state index contributed by atoms with van der Waals surface area (Å²) in [6.07, 6.45) is 0.675. The van der Waals surface area contributed by atoms with Crippen molar-refractivity contribution in [2.75, 3.05) is 18.7 Å². The normalized spacial score (nSPS) is 21.2. The first-order valence-corrected chi connectivity index (χ1v) is 9.77. The van der Waals surface area contributed by atoms with E-state index in [2.05, 4.69) is 29.4 Å². The molecule has 2 N–H and O–H groups in total. The Kier molecular flexibility index (Phi) is 3.62. The highest BCUT2D eigenvalue weighted by molar-refractivity contribution is 7.16. The van der Waals surface area contributed by atoms with Crippen molar-refractivity contribution in [3.8, 4) is 11.5 Å². The van der Waals surface area contributed by atoms with E-state index in [1.54, 1.807) is 11.3 Å². The summed E-state index contributed by atoms with van der Waals surface area (Å²) in [5.74, 6) is 1.48. The number of ether oxygens (including phenoxy) is 2. The summed E-state index contributed by atoms with van der Waals surface area (Å²) in [5, 5.41) is 7.58. The highest BCUT2D eigenvalue weighted by Gasteiger charge is 2.34. The smallest absolute Gasteiger partial charge is 0.256 e. The number of hydrogen-bond donors (Lipinski definition) is 2. The fraction of sp³-hybridized carbons (Fsp3) is 0.421. The summed E-state index contributed by atoms with van der Waals surface area (Å²) in [6, 6.07) is 6.30. The van der Waals surface area contributed by atoms with Gasteiger partial charge in [-0.15, -0.1) is 11.3 Å². The van der Waals surface area contributed by atoms with E-state index in [9.17, 15) is 4.79 Å². The van der Waals surface area contributed by atoms with Gasteiger partial charge in [0.1, 0.15) is 11.2 Å². The Bertz CT molecular complexity index is 892. The topological polar surface area (TPSA) is 62.8 Å². The number of fused-ring (bicyclic) bond motifs is 4. The molecule has 7 heteroatoms. The first kappa shape index (κ1) is 16.0. The third-order valence-electron chi connectivity index (χ3n) is 5.32. The molecule has 6 nitrogen and oxygen atoms in total. The van der Waals surface area contributed by atoms with Gasteiger partial charge in [-0.1, -0.05) is 6.07 Å². The van der Waals surface area contributed by atoms with Crippen LogP contribution in [0, 0.1) is 0 Å². The number of benzene rings is 1. The molecule has 0 saturated carbocycles. The fourth-order valence-corrected chi connectivity index (χ4v) is 5.13. The Labute approximate surface area is 156 Å². The van der Waals surface area contributed by atoms with Crippen LogP contribution < -0.4 is 20.1 Å². The molecule has 0 saturated heterocycles. The summed E-state index contributed by atoms with van der Waals surface area (Å²) in [5.41, 5.74) is 3.02. The van der Waals surface area contributed by atoms with Gasteiger partial charge in [0.15, 0.2) is 11.5 Å². The van der Waals surface area contributed by atoms with Crippen molar-refractivity contribution in [1.29, 1.82) is 0 Å². The molecule has 4 heterocycles. The summed E-state index contributed by atoms with van der Waals surface area (Å²) in [7, 11) is 0. The van der Waals surface area contributed by atoms with Gasteiger partial charge in [-0.25, -0.2) is 0 Å². The van der Waals surface area contributed by atoms with Gasteiger partial charge < -0.3 is 20.1 Å². The van der Waals surface area contributed by atoms with Crippen molar-refractivity contribution in [2.45, 2.75) is 39.0 Å². The van der Waals surface area contributed by atoms with Crippen molar-refractivity contribution in [2.24, 2.45) is 0 Å². The molecule has 1 aromatic heterocycles. The minimum Gasteiger partial charge on any atom is -0.454 e. The first-order chi connectivity index (χ1) is 12.6. The second-order valence-electron chi connectivity index (χ2n) is 7.19. The minimum absolute atomic E-state index is 0.0110. The lowest BCUT2D eigenvalue weighted by atomic mass is 9.99. The molecule has 0 aliphatic carbocycles. The highest BCUT2D eigenvalue weighted by atomic mass is 32.1. The number of amides is 1. The lowest BCUT2D eigenvalue weighted by Crippen LogP contribution is -2.39. The van der Waals surface area contributed by atoms with Crippen LogP contribution in [-0.2, 0) is 13.0 Å². The van der Waals surface area contributed by atoms with E-state index in [0.29, 0.717) is 6.04 Å². The summed E-state index contributed by atoms with van der Waals surface area (Å²) >= 11 is 1.72. The Balaban J connectivity index is 1.46. The molecule has 2 aromatic rings. The van der Waals surface area contributed by atoms with E-state index in [1.165, 1.54) is 10.4 Å².